The molecule has 1 radical (unpaired) electrons. The molecule has 0 atom stereocenters. The molecule has 0 aliphatic heterocycles. The van der Waals surface area contributed by atoms with Gasteiger partial charge in [0.25, 0.3) is 0 Å². The van der Waals surface area contributed by atoms with E-state index in [-0.39, 0.29) is 0 Å². The lowest BCUT2D eigenvalue weighted by atomic mass is 9.97. The van der Waals surface area contributed by atoms with Gasteiger partial charge < -0.3 is 0 Å². The maximum atomic E-state index is 3.40. The molecule has 0 nitrogen and oxygen atoms in total. The number of benzene rings is 1. The van der Waals surface area contributed by atoms with Crippen molar-refractivity contribution in [2.45, 2.75) is 40.5 Å². The van der Waals surface area contributed by atoms with Crippen LogP contribution < -0.4 is 0 Å². The summed E-state index contributed by atoms with van der Waals surface area (Å²) in [5.41, 5.74) is 5.54. The Morgan fingerprint density at radius 2 is 1.83 bits per heavy atom. The van der Waals surface area contributed by atoms with Gasteiger partial charge in [-0.05, 0) is 55.0 Å². The van der Waals surface area contributed by atoms with E-state index in [0.29, 0.717) is 0 Å². The Balaban J connectivity index is 3.19. The van der Waals surface area contributed by atoms with Crippen molar-refractivity contribution in [3.05, 3.63) is 34.4 Å². The second kappa shape index (κ2) is 3.75. The third kappa shape index (κ3) is 1.69. The highest BCUT2D eigenvalue weighted by atomic mass is 14.1. The predicted octanol–water partition coefficient (Wildman–Crippen LogP) is 3.23. The fourth-order valence-electron chi connectivity index (χ4n) is 1.49. The average Bonchev–Trinajstić information content (AvgIpc) is 2.09. The van der Waals surface area contributed by atoms with Crippen molar-refractivity contribution >= 4 is 0 Å². The first-order valence-corrected chi connectivity index (χ1v) is 4.70. The second-order valence-electron chi connectivity index (χ2n) is 3.28. The van der Waals surface area contributed by atoms with E-state index < -0.39 is 0 Å². The van der Waals surface area contributed by atoms with Crippen molar-refractivity contribution in [1.29, 1.82) is 0 Å². The summed E-state index contributed by atoms with van der Waals surface area (Å²) in [4.78, 5) is 0. The van der Waals surface area contributed by atoms with Crippen LogP contribution in [0.25, 0.3) is 0 Å². The van der Waals surface area contributed by atoms with Crippen LogP contribution in [0.15, 0.2) is 6.07 Å². The van der Waals surface area contributed by atoms with Crippen LogP contribution in [0.3, 0.4) is 0 Å². The Hall–Kier alpha value is -0.780. The van der Waals surface area contributed by atoms with E-state index in [1.165, 1.54) is 22.3 Å². The monoisotopic (exact) mass is 161 g/mol. The van der Waals surface area contributed by atoms with E-state index >= 15 is 0 Å². The van der Waals surface area contributed by atoms with Crippen molar-refractivity contribution in [3.63, 3.8) is 0 Å². The van der Waals surface area contributed by atoms with Crippen molar-refractivity contribution in [2.75, 3.05) is 0 Å². The van der Waals surface area contributed by atoms with E-state index in [0.717, 1.165) is 12.8 Å². The molecule has 1 aromatic carbocycles. The molecule has 1 rings (SSSR count). The summed E-state index contributed by atoms with van der Waals surface area (Å²) in [5.74, 6) is 0. The van der Waals surface area contributed by atoms with E-state index in [1.54, 1.807) is 0 Å². The number of aryl methyl sites for hydroxylation is 3. The van der Waals surface area contributed by atoms with Gasteiger partial charge in [-0.2, -0.15) is 0 Å². The first-order chi connectivity index (χ1) is 5.69. The van der Waals surface area contributed by atoms with Gasteiger partial charge in [-0.1, -0.05) is 19.9 Å². The molecule has 0 aliphatic rings. The highest BCUT2D eigenvalue weighted by Crippen LogP contribution is 2.16. The third-order valence-corrected chi connectivity index (χ3v) is 2.50. The molecule has 0 fully saturated rings. The van der Waals surface area contributed by atoms with Crippen molar-refractivity contribution < 1.29 is 0 Å². The van der Waals surface area contributed by atoms with Gasteiger partial charge in [-0.15, -0.1) is 0 Å². The summed E-state index contributed by atoms with van der Waals surface area (Å²) in [6.45, 7) is 8.72. The van der Waals surface area contributed by atoms with Gasteiger partial charge in [0.05, 0.1) is 0 Å². The van der Waals surface area contributed by atoms with Crippen LogP contribution in [-0.4, -0.2) is 0 Å². The van der Waals surface area contributed by atoms with Gasteiger partial charge in [0.1, 0.15) is 0 Å². The third-order valence-electron chi connectivity index (χ3n) is 2.50. The summed E-state index contributed by atoms with van der Waals surface area (Å²) in [6.07, 6.45) is 2.22. The molecule has 0 spiro atoms. The van der Waals surface area contributed by atoms with Gasteiger partial charge in [-0.25, -0.2) is 0 Å². The zero-order valence-corrected chi connectivity index (χ0v) is 8.49. The highest BCUT2D eigenvalue weighted by molar-refractivity contribution is 5.36. The minimum Gasteiger partial charge on any atom is -0.0613 e. The van der Waals surface area contributed by atoms with Crippen LogP contribution >= 0.6 is 0 Å². The Morgan fingerprint density at radius 1 is 1.17 bits per heavy atom. The molecule has 0 aliphatic carbocycles. The van der Waals surface area contributed by atoms with Gasteiger partial charge in [0.15, 0.2) is 0 Å². The molecule has 0 aromatic heterocycles. The van der Waals surface area contributed by atoms with Crippen LogP contribution in [-0.2, 0) is 12.8 Å². The smallest absolute Gasteiger partial charge is 0.0114 e. The maximum Gasteiger partial charge on any atom is -0.0114 e. The summed E-state index contributed by atoms with van der Waals surface area (Å²) in [5, 5.41) is 0. The normalized spacial score (nSPS) is 10.3. The lowest BCUT2D eigenvalue weighted by Crippen LogP contribution is -1.94. The molecule has 65 valence electrons. The summed E-state index contributed by atoms with van der Waals surface area (Å²) in [6, 6.07) is 5.68. The number of hydrogen-bond acceptors (Lipinski definition) is 0. The topological polar surface area (TPSA) is 0 Å². The van der Waals surface area contributed by atoms with E-state index in [1.807, 2.05) is 0 Å². The largest absolute Gasteiger partial charge is 0.0613 e. The van der Waals surface area contributed by atoms with E-state index in [2.05, 4.69) is 39.8 Å². The molecule has 0 N–H and O–H groups in total. The van der Waals surface area contributed by atoms with Gasteiger partial charge in [0, 0.05) is 0 Å². The SMILES string of the molecule is CCc1[c]c(C)c(C)c(CC)c1. The fraction of sp³-hybridized carbons (Fsp3) is 0.500. The maximum absolute atomic E-state index is 3.40. The average molecular weight is 161 g/mol. The quantitative estimate of drug-likeness (QED) is 0.624. The summed E-state index contributed by atoms with van der Waals surface area (Å²) in [7, 11) is 0. The predicted molar refractivity (Wildman–Crippen MR) is 53.5 cm³/mol. The summed E-state index contributed by atoms with van der Waals surface area (Å²) >= 11 is 0. The molecule has 0 heterocycles. The molecule has 0 saturated carbocycles. The molecular formula is C12H17. The molecule has 1 aromatic rings. The van der Waals surface area contributed by atoms with Gasteiger partial charge >= 0.3 is 0 Å². The second-order valence-corrected chi connectivity index (χ2v) is 3.28. The summed E-state index contributed by atoms with van der Waals surface area (Å²) < 4.78 is 0. The fourth-order valence-corrected chi connectivity index (χ4v) is 1.49. The first kappa shape index (κ1) is 9.31. The van der Waals surface area contributed by atoms with Crippen LogP contribution in [0, 0.1) is 19.9 Å². The molecular weight excluding hydrogens is 144 g/mol. The van der Waals surface area contributed by atoms with Gasteiger partial charge in [-0.3, -0.25) is 0 Å². The highest BCUT2D eigenvalue weighted by Gasteiger charge is 2.01. The molecule has 0 amide bonds. The van der Waals surface area contributed by atoms with Crippen molar-refractivity contribution in [3.8, 4) is 0 Å². The van der Waals surface area contributed by atoms with E-state index in [9.17, 15) is 0 Å². The minimum atomic E-state index is 1.09. The molecule has 0 saturated heterocycles. The zero-order valence-electron chi connectivity index (χ0n) is 8.49. The van der Waals surface area contributed by atoms with Crippen molar-refractivity contribution in [2.24, 2.45) is 0 Å². The molecule has 12 heavy (non-hydrogen) atoms. The molecule has 0 bridgehead atoms. The van der Waals surface area contributed by atoms with Crippen molar-refractivity contribution in [1.82, 2.24) is 0 Å². The molecule has 0 heteroatoms. The zero-order chi connectivity index (χ0) is 9.14. The number of rotatable bonds is 2. The van der Waals surface area contributed by atoms with Crippen LogP contribution in [0.4, 0.5) is 0 Å². The Morgan fingerprint density at radius 3 is 2.33 bits per heavy atom. The lowest BCUT2D eigenvalue weighted by Gasteiger charge is -2.08. The standard InChI is InChI=1S/C12H17/c1-5-11-7-9(3)10(4)12(6-2)8-11/h8H,5-6H2,1-4H3. The van der Waals surface area contributed by atoms with Crippen LogP contribution in [0.1, 0.15) is 36.1 Å². The number of hydrogen-bond donors (Lipinski definition) is 0. The minimum absolute atomic E-state index is 1.09. The first-order valence-electron chi connectivity index (χ1n) is 4.70. The van der Waals surface area contributed by atoms with E-state index in [4.69, 9.17) is 0 Å². The van der Waals surface area contributed by atoms with Crippen LogP contribution in [0.2, 0.25) is 0 Å². The van der Waals surface area contributed by atoms with Crippen LogP contribution in [0.5, 0.6) is 0 Å². The molecule has 0 unspecified atom stereocenters. The Bertz CT molecular complexity index is 272. The lowest BCUT2D eigenvalue weighted by molar-refractivity contribution is 1.05. The van der Waals surface area contributed by atoms with Gasteiger partial charge in [0.2, 0.25) is 0 Å². The Labute approximate surface area is 75.6 Å². The Kier molecular flexibility index (Phi) is 2.91.